The maximum Gasteiger partial charge on any atom is 0.273 e. The molecule has 1 N–H and O–H groups in total. The van der Waals surface area contributed by atoms with Gasteiger partial charge in [0.1, 0.15) is 24.7 Å². The Balaban J connectivity index is 0.00000220. The lowest BCUT2D eigenvalue weighted by atomic mass is 10.2. The van der Waals surface area contributed by atoms with E-state index in [-0.39, 0.29) is 22.7 Å². The topological polar surface area (TPSA) is 73.2 Å². The summed E-state index contributed by atoms with van der Waals surface area (Å²) in [6.07, 6.45) is 5.93. The van der Waals surface area contributed by atoms with Crippen LogP contribution in [0.25, 0.3) is 0 Å². The Bertz CT molecular complexity index is 615. The molecule has 1 aromatic carbocycles. The number of nitrogens with one attached hydrogen (secondary N) is 1. The van der Waals surface area contributed by atoms with E-state index in [4.69, 9.17) is 4.74 Å². The van der Waals surface area contributed by atoms with Crippen molar-refractivity contribution in [2.75, 3.05) is 19.0 Å². The number of aromatic nitrogens is 2. The van der Waals surface area contributed by atoms with Gasteiger partial charge in [-0.2, -0.15) is 0 Å². The number of ether oxygens (including phenoxy) is 1. The summed E-state index contributed by atoms with van der Waals surface area (Å²) in [5.74, 6) is 0.470. The van der Waals surface area contributed by atoms with E-state index in [9.17, 15) is 10.1 Å². The fourth-order valence-electron chi connectivity index (χ4n) is 1.89. The van der Waals surface area contributed by atoms with Crippen molar-refractivity contribution in [2.45, 2.75) is 6.54 Å². The van der Waals surface area contributed by atoms with Gasteiger partial charge >= 0.3 is 0 Å². The number of nitro groups is 1. The molecule has 0 atom stereocenters. The molecule has 0 unspecified atom stereocenters. The molecule has 0 spiro atoms. The summed E-state index contributed by atoms with van der Waals surface area (Å²) in [5, 5.41) is 13.9. The molecule has 2 rings (SSSR count). The van der Waals surface area contributed by atoms with Crippen molar-refractivity contribution in [1.82, 2.24) is 4.57 Å². The van der Waals surface area contributed by atoms with Gasteiger partial charge in [0.2, 0.25) is 6.33 Å². The molecule has 0 saturated carbocycles. The van der Waals surface area contributed by atoms with Crippen LogP contribution in [0.15, 0.2) is 36.9 Å². The van der Waals surface area contributed by atoms with Crippen LogP contribution in [0, 0.1) is 10.1 Å². The minimum absolute atomic E-state index is 0. The zero-order valence-electron chi connectivity index (χ0n) is 11.8. The Morgan fingerprint density at radius 2 is 2.24 bits per heavy atom. The normalized spacial score (nSPS) is 9.81. The van der Waals surface area contributed by atoms with Crippen LogP contribution in [0.4, 0.5) is 11.4 Å². The second-order valence-corrected chi connectivity index (χ2v) is 4.39. The molecule has 114 valence electrons. The molecule has 21 heavy (non-hydrogen) atoms. The number of rotatable bonds is 6. The monoisotopic (exact) mass is 356 g/mol. The second-order valence-electron chi connectivity index (χ2n) is 4.39. The highest BCUT2D eigenvalue weighted by Crippen LogP contribution is 2.28. The molecule has 0 aliphatic heterocycles. The van der Waals surface area contributed by atoms with Crippen LogP contribution in [-0.4, -0.2) is 23.1 Å². The molecule has 1 aromatic heterocycles. The number of benzene rings is 1. The second kappa shape index (κ2) is 7.63. The Hall–Kier alpha value is -2.09. The lowest BCUT2D eigenvalue weighted by Crippen LogP contribution is -3.00. The number of aryl methyl sites for hydroxylation is 1. The van der Waals surface area contributed by atoms with Crippen LogP contribution < -0.4 is 31.6 Å². The highest BCUT2D eigenvalue weighted by molar-refractivity contribution is 5.60. The molecule has 0 saturated heterocycles. The van der Waals surface area contributed by atoms with E-state index in [0.29, 0.717) is 12.3 Å². The van der Waals surface area contributed by atoms with Crippen molar-refractivity contribution >= 4 is 11.4 Å². The summed E-state index contributed by atoms with van der Waals surface area (Å²) >= 11 is 0. The number of nitro benzene ring substituents is 1. The Kier molecular flexibility index (Phi) is 6.16. The predicted molar refractivity (Wildman–Crippen MR) is 73.7 cm³/mol. The number of imidazole rings is 1. The van der Waals surface area contributed by atoms with Gasteiger partial charge in [-0.1, -0.05) is 0 Å². The van der Waals surface area contributed by atoms with Gasteiger partial charge in [0.25, 0.3) is 5.69 Å². The number of anilines is 1. The molecule has 7 nitrogen and oxygen atoms in total. The lowest BCUT2D eigenvalue weighted by Gasteiger charge is -2.09. The number of nitrogens with zero attached hydrogens (tertiary/aromatic N) is 3. The number of halogens is 1. The number of hydrogen-bond donors (Lipinski definition) is 1. The zero-order chi connectivity index (χ0) is 14.5. The van der Waals surface area contributed by atoms with Crippen LogP contribution in [0.5, 0.6) is 5.75 Å². The smallest absolute Gasteiger partial charge is 0.273 e. The number of hydrogen-bond acceptors (Lipinski definition) is 4. The molecular weight excluding hydrogens is 340 g/mol. The van der Waals surface area contributed by atoms with Gasteiger partial charge in [-0.05, 0) is 6.07 Å². The minimum Gasteiger partial charge on any atom is -1.00 e. The van der Waals surface area contributed by atoms with Crippen LogP contribution in [0.3, 0.4) is 0 Å². The van der Waals surface area contributed by atoms with Gasteiger partial charge in [0.15, 0.2) is 0 Å². The number of non-ortho nitro benzene ring substituents is 1. The van der Waals surface area contributed by atoms with Gasteiger partial charge < -0.3 is 27.0 Å². The first-order valence-corrected chi connectivity index (χ1v) is 6.17. The summed E-state index contributed by atoms with van der Waals surface area (Å²) in [4.78, 5) is 10.3. The summed E-state index contributed by atoms with van der Waals surface area (Å²) in [5.41, 5.74) is 0.763. The highest BCUT2D eigenvalue weighted by atomic mass is 79.9. The van der Waals surface area contributed by atoms with E-state index in [1.807, 2.05) is 34.9 Å². The van der Waals surface area contributed by atoms with Gasteiger partial charge in [-0.3, -0.25) is 10.1 Å². The van der Waals surface area contributed by atoms with Crippen molar-refractivity contribution in [3.63, 3.8) is 0 Å². The third-order valence-corrected chi connectivity index (χ3v) is 2.91. The summed E-state index contributed by atoms with van der Waals surface area (Å²) < 4.78 is 9.18. The van der Waals surface area contributed by atoms with Crippen LogP contribution in [0.1, 0.15) is 0 Å². The van der Waals surface area contributed by atoms with Crippen molar-refractivity contribution < 1.29 is 31.2 Å². The fourth-order valence-corrected chi connectivity index (χ4v) is 1.89. The van der Waals surface area contributed by atoms with Crippen molar-refractivity contribution in [2.24, 2.45) is 7.05 Å². The first-order valence-electron chi connectivity index (χ1n) is 6.17. The lowest BCUT2D eigenvalue weighted by molar-refractivity contribution is -0.671. The molecule has 0 fully saturated rings. The molecule has 0 amide bonds. The van der Waals surface area contributed by atoms with E-state index >= 15 is 0 Å². The average Bonchev–Trinajstić information content (AvgIpc) is 2.84. The molecule has 8 heteroatoms. The maximum absolute atomic E-state index is 10.7. The third-order valence-electron chi connectivity index (χ3n) is 2.91. The largest absolute Gasteiger partial charge is 1.00 e. The molecule has 0 aliphatic rings. The predicted octanol–water partition coefficient (Wildman–Crippen LogP) is -1.65. The summed E-state index contributed by atoms with van der Waals surface area (Å²) in [6.45, 7) is 1.49. The third kappa shape index (κ3) is 4.45. The summed E-state index contributed by atoms with van der Waals surface area (Å²) in [6, 6.07) is 4.53. The van der Waals surface area contributed by atoms with Crippen LogP contribution in [-0.2, 0) is 13.6 Å². The number of methoxy groups -OCH3 is 1. The zero-order valence-corrected chi connectivity index (χ0v) is 13.4. The molecule has 0 aliphatic carbocycles. The fraction of sp³-hybridized carbons (Fsp3) is 0.308. The maximum atomic E-state index is 10.7. The van der Waals surface area contributed by atoms with Gasteiger partial charge in [0, 0.05) is 6.07 Å². The molecule has 2 aromatic rings. The van der Waals surface area contributed by atoms with E-state index in [1.54, 1.807) is 6.07 Å². The van der Waals surface area contributed by atoms with Gasteiger partial charge in [0.05, 0.1) is 37.4 Å². The Morgan fingerprint density at radius 1 is 1.48 bits per heavy atom. The van der Waals surface area contributed by atoms with Crippen molar-refractivity contribution in [1.29, 1.82) is 0 Å². The Labute approximate surface area is 133 Å². The first kappa shape index (κ1) is 17.0. The van der Waals surface area contributed by atoms with E-state index in [2.05, 4.69) is 5.32 Å². The quantitative estimate of drug-likeness (QED) is 0.382. The SMILES string of the molecule is COc1cc([N+](=O)[O-])ccc1NCCn1cc[n+](C)c1.[Br-]. The van der Waals surface area contributed by atoms with Crippen molar-refractivity contribution in [3.05, 3.63) is 47.0 Å². The van der Waals surface area contributed by atoms with E-state index in [1.165, 1.54) is 19.2 Å². The first-order chi connectivity index (χ1) is 9.60. The van der Waals surface area contributed by atoms with Crippen LogP contribution >= 0.6 is 0 Å². The molecular formula is C13H17BrN4O3. The Morgan fingerprint density at radius 3 is 2.81 bits per heavy atom. The van der Waals surface area contributed by atoms with E-state index in [0.717, 1.165) is 12.2 Å². The highest BCUT2D eigenvalue weighted by Gasteiger charge is 2.11. The minimum atomic E-state index is -0.438. The summed E-state index contributed by atoms with van der Waals surface area (Å²) in [7, 11) is 3.46. The standard InChI is InChI=1S/C13H17N4O3.BrH/c1-15-7-8-16(10-15)6-5-14-12-4-3-11(17(18)19)9-13(12)20-2;/h3-4,7-10,14H,5-6H2,1-2H3;1H/q+1;/p-1. The average molecular weight is 357 g/mol. The molecule has 0 bridgehead atoms. The van der Waals surface area contributed by atoms with Crippen molar-refractivity contribution in [3.8, 4) is 5.75 Å². The molecule has 1 heterocycles. The van der Waals surface area contributed by atoms with E-state index < -0.39 is 4.92 Å². The van der Waals surface area contributed by atoms with Gasteiger partial charge in [-0.25, -0.2) is 9.13 Å². The molecule has 0 radical (unpaired) electrons. The van der Waals surface area contributed by atoms with Gasteiger partial charge in [-0.15, -0.1) is 0 Å². The van der Waals surface area contributed by atoms with Crippen LogP contribution in [0.2, 0.25) is 0 Å².